The van der Waals surface area contributed by atoms with Gasteiger partial charge in [0.15, 0.2) is 11.6 Å². The van der Waals surface area contributed by atoms with Crippen molar-refractivity contribution in [3.8, 4) is 11.1 Å². The molecule has 2 amide bonds. The van der Waals surface area contributed by atoms with Crippen LogP contribution in [0.15, 0.2) is 36.4 Å². The molecule has 1 aliphatic carbocycles. The van der Waals surface area contributed by atoms with Crippen molar-refractivity contribution in [3.05, 3.63) is 80.9 Å². The van der Waals surface area contributed by atoms with Gasteiger partial charge < -0.3 is 24.9 Å². The van der Waals surface area contributed by atoms with Gasteiger partial charge in [0.25, 0.3) is 11.8 Å². The zero-order valence-electron chi connectivity index (χ0n) is 28.1. The third kappa shape index (κ3) is 6.50. The van der Waals surface area contributed by atoms with E-state index in [0.29, 0.717) is 56.8 Å². The Hall–Kier alpha value is -3.74. The summed E-state index contributed by atoms with van der Waals surface area (Å²) in [4.78, 5) is 41.2. The Morgan fingerprint density at radius 2 is 1.31 bits per heavy atom. The second-order valence-corrected chi connectivity index (χ2v) is 14.1. The van der Waals surface area contributed by atoms with E-state index in [1.54, 1.807) is 24.3 Å². The van der Waals surface area contributed by atoms with Gasteiger partial charge in [0, 0.05) is 81.7 Å². The number of nitrogens with one attached hydrogen (secondary N) is 2. The zero-order chi connectivity index (χ0) is 34.4. The summed E-state index contributed by atoms with van der Waals surface area (Å²) in [6.07, 6.45) is 5.09. The molecule has 1 saturated carbocycles. The van der Waals surface area contributed by atoms with Crippen LogP contribution in [-0.4, -0.2) is 77.6 Å². The topological polar surface area (TPSA) is 121 Å². The Morgan fingerprint density at radius 1 is 0.796 bits per heavy atom. The number of fused-ring (bicyclic) bond motifs is 2. The van der Waals surface area contributed by atoms with Crippen molar-refractivity contribution < 1.29 is 14.7 Å². The maximum atomic E-state index is 13.6. The lowest BCUT2D eigenvalue weighted by Crippen LogP contribution is -2.42. The highest BCUT2D eigenvalue weighted by Gasteiger charge is 2.31. The molecular weight excluding hydrogens is 663 g/mol. The number of imidazole rings is 2. The molecule has 11 nitrogen and oxygen atoms in total. The monoisotopic (exact) mass is 704 g/mol. The minimum Gasteiger partial charge on any atom is -0.393 e. The van der Waals surface area contributed by atoms with E-state index in [0.717, 1.165) is 87.5 Å². The molecule has 7 rings (SSSR count). The summed E-state index contributed by atoms with van der Waals surface area (Å²) in [6.45, 7) is 6.32. The lowest BCUT2D eigenvalue weighted by Gasteiger charge is -2.37. The first-order valence-corrected chi connectivity index (χ1v) is 17.8. The van der Waals surface area contributed by atoms with Crippen molar-refractivity contribution in [2.24, 2.45) is 14.1 Å². The average Bonchev–Trinajstić information content (AvgIpc) is 3.62. The third-order valence-electron chi connectivity index (χ3n) is 10.4. The van der Waals surface area contributed by atoms with Crippen LogP contribution < -0.4 is 10.6 Å². The van der Waals surface area contributed by atoms with E-state index in [1.165, 1.54) is 0 Å². The molecule has 4 heterocycles. The smallest absolute Gasteiger partial charge is 0.291 e. The van der Waals surface area contributed by atoms with Gasteiger partial charge in [0.05, 0.1) is 38.9 Å². The van der Waals surface area contributed by atoms with Crippen LogP contribution in [0.1, 0.15) is 76.6 Å². The van der Waals surface area contributed by atoms with Crippen LogP contribution in [0.4, 0.5) is 11.4 Å². The number of aromatic nitrogens is 4. The maximum Gasteiger partial charge on any atom is 0.291 e. The number of amides is 2. The van der Waals surface area contributed by atoms with Crippen LogP contribution in [0.3, 0.4) is 0 Å². The molecule has 0 radical (unpaired) electrons. The first-order chi connectivity index (χ1) is 23.6. The van der Waals surface area contributed by atoms with Crippen molar-refractivity contribution in [2.75, 3.05) is 30.3 Å². The quantitative estimate of drug-likeness (QED) is 0.227. The molecule has 3 aliphatic rings. The fourth-order valence-electron chi connectivity index (χ4n) is 7.57. The number of benzene rings is 2. The Morgan fingerprint density at radius 3 is 1.84 bits per heavy atom. The first-order valence-electron chi connectivity index (χ1n) is 17.1. The number of likely N-dealkylation sites (N-methyl/N-ethyl adjacent to an activating group) is 1. The molecule has 3 N–H and O–H groups in total. The van der Waals surface area contributed by atoms with Crippen molar-refractivity contribution in [2.45, 2.75) is 70.7 Å². The molecule has 2 aromatic carbocycles. The SMILES string of the molecule is CCN1CCc2c(nc(C(=O)Nc3cccc(-c4cccc(NC(=O)c5nc6c(n5C)CCN(C5CCC(O)CC5)C6)c4Cl)c3Cl)n2C)C1. The Kier molecular flexibility index (Phi) is 9.56. The first kappa shape index (κ1) is 33.7. The molecule has 2 aromatic heterocycles. The summed E-state index contributed by atoms with van der Waals surface area (Å²) >= 11 is 13.8. The summed E-state index contributed by atoms with van der Waals surface area (Å²) in [7, 11) is 3.75. The standard InChI is InChI=1S/C36H42Cl2N8O3/c1-4-45-17-15-29-27(19-45)39-33(43(29)2)35(48)41-25-9-5-7-23(31(25)37)24-8-6-10-26(32(24)38)42-36(49)34-40-28-20-46(18-16-30(28)44(34)3)21-11-13-22(47)14-12-21/h5-10,21-22,47H,4,11-20H2,1-3H3,(H,41,48)(H,42,49). The number of aliphatic hydroxyl groups excluding tert-OH is 1. The van der Waals surface area contributed by atoms with Crippen LogP contribution in [-0.2, 0) is 40.0 Å². The van der Waals surface area contributed by atoms with Gasteiger partial charge in [-0.05, 0) is 44.4 Å². The number of nitrogens with zero attached hydrogens (tertiary/aromatic N) is 6. The highest BCUT2D eigenvalue weighted by Crippen LogP contribution is 2.40. The average molecular weight is 706 g/mol. The van der Waals surface area contributed by atoms with Crippen LogP contribution in [0.25, 0.3) is 11.1 Å². The summed E-state index contributed by atoms with van der Waals surface area (Å²) in [5.41, 5.74) is 6.08. The summed E-state index contributed by atoms with van der Waals surface area (Å²) < 4.78 is 3.75. The minimum atomic E-state index is -0.352. The number of carbonyl (C=O) groups is 2. The van der Waals surface area contributed by atoms with Gasteiger partial charge in [-0.25, -0.2) is 9.97 Å². The van der Waals surface area contributed by atoms with Gasteiger partial charge >= 0.3 is 0 Å². The van der Waals surface area contributed by atoms with Gasteiger partial charge in [-0.2, -0.15) is 0 Å². The molecule has 0 bridgehead atoms. The van der Waals surface area contributed by atoms with E-state index >= 15 is 0 Å². The molecule has 1 fully saturated rings. The van der Waals surface area contributed by atoms with Crippen LogP contribution >= 0.6 is 23.2 Å². The van der Waals surface area contributed by atoms with E-state index < -0.39 is 0 Å². The Bertz CT molecular complexity index is 1910. The molecular formula is C36H42Cl2N8O3. The molecule has 0 spiro atoms. The van der Waals surface area contributed by atoms with Crippen LogP contribution in [0, 0.1) is 0 Å². The number of hydrogen-bond acceptors (Lipinski definition) is 7. The largest absolute Gasteiger partial charge is 0.393 e. The molecule has 0 unspecified atom stereocenters. The normalized spacial score (nSPS) is 19.7. The Balaban J connectivity index is 1.08. The number of hydrogen-bond donors (Lipinski definition) is 3. The van der Waals surface area contributed by atoms with E-state index in [9.17, 15) is 14.7 Å². The second-order valence-electron chi connectivity index (χ2n) is 13.3. The van der Waals surface area contributed by atoms with Crippen LogP contribution in [0.2, 0.25) is 10.0 Å². The lowest BCUT2D eigenvalue weighted by molar-refractivity contribution is 0.0668. The fourth-order valence-corrected chi connectivity index (χ4v) is 8.12. The number of rotatable bonds is 7. The molecule has 13 heteroatoms. The fraction of sp³-hybridized carbons (Fsp3) is 0.444. The minimum absolute atomic E-state index is 0.192. The van der Waals surface area contributed by atoms with Gasteiger partial charge in [0.1, 0.15) is 0 Å². The molecule has 4 aromatic rings. The van der Waals surface area contributed by atoms with Gasteiger partial charge in [-0.1, -0.05) is 54.4 Å². The Labute approximate surface area is 296 Å². The second kappa shape index (κ2) is 13.9. The predicted molar refractivity (Wildman–Crippen MR) is 191 cm³/mol. The molecule has 258 valence electrons. The number of anilines is 2. The molecule has 0 saturated heterocycles. The summed E-state index contributed by atoms with van der Waals surface area (Å²) in [6, 6.07) is 11.2. The van der Waals surface area contributed by atoms with Gasteiger partial charge in [-0.3, -0.25) is 19.4 Å². The molecule has 0 atom stereocenters. The highest BCUT2D eigenvalue weighted by molar-refractivity contribution is 6.40. The van der Waals surface area contributed by atoms with E-state index in [4.69, 9.17) is 28.2 Å². The summed E-state index contributed by atoms with van der Waals surface area (Å²) in [5, 5.41) is 16.5. The maximum absolute atomic E-state index is 13.6. The van der Waals surface area contributed by atoms with Crippen molar-refractivity contribution >= 4 is 46.4 Å². The van der Waals surface area contributed by atoms with Crippen molar-refractivity contribution in [1.29, 1.82) is 0 Å². The van der Waals surface area contributed by atoms with Gasteiger partial charge in [0.2, 0.25) is 0 Å². The lowest BCUT2D eigenvalue weighted by atomic mass is 9.91. The van der Waals surface area contributed by atoms with Crippen LogP contribution in [0.5, 0.6) is 0 Å². The molecule has 49 heavy (non-hydrogen) atoms. The van der Waals surface area contributed by atoms with Crippen molar-refractivity contribution in [1.82, 2.24) is 28.9 Å². The third-order valence-corrected chi connectivity index (χ3v) is 11.3. The molecule has 2 aliphatic heterocycles. The van der Waals surface area contributed by atoms with E-state index in [-0.39, 0.29) is 17.9 Å². The highest BCUT2D eigenvalue weighted by atomic mass is 35.5. The van der Waals surface area contributed by atoms with E-state index in [1.807, 2.05) is 35.4 Å². The number of aliphatic hydroxyl groups is 1. The van der Waals surface area contributed by atoms with Gasteiger partial charge in [-0.15, -0.1) is 0 Å². The van der Waals surface area contributed by atoms with Crippen molar-refractivity contribution in [3.63, 3.8) is 0 Å². The summed E-state index contributed by atoms with van der Waals surface area (Å²) in [5.74, 6) is -0.0297. The number of halogens is 2. The predicted octanol–water partition coefficient (Wildman–Crippen LogP) is 5.67. The zero-order valence-corrected chi connectivity index (χ0v) is 29.6. The number of carbonyl (C=O) groups excluding carboxylic acids is 2. The van der Waals surface area contributed by atoms with E-state index in [2.05, 4.69) is 32.3 Å².